The van der Waals surface area contributed by atoms with Gasteiger partial charge in [-0.25, -0.2) is 14.8 Å². The average Bonchev–Trinajstić information content (AvgIpc) is 3.47. The zero-order valence-electron chi connectivity index (χ0n) is 15.8. The van der Waals surface area contributed by atoms with E-state index < -0.39 is 12.1 Å². The van der Waals surface area contributed by atoms with Crippen LogP contribution >= 0.6 is 0 Å². The van der Waals surface area contributed by atoms with Crippen LogP contribution in [0, 0.1) is 17.2 Å². The maximum atomic E-state index is 10.6. The number of nitrogens with zero attached hydrogens (tertiary/aromatic N) is 5. The number of aromatic amines is 1. The van der Waals surface area contributed by atoms with Gasteiger partial charge >= 0.3 is 12.1 Å². The number of halogens is 3. The summed E-state index contributed by atoms with van der Waals surface area (Å²) in [7, 11) is 0. The van der Waals surface area contributed by atoms with Gasteiger partial charge in [0.05, 0.1) is 30.4 Å². The molecule has 1 aliphatic carbocycles. The molecule has 0 aliphatic heterocycles. The fourth-order valence-corrected chi connectivity index (χ4v) is 3.66. The molecule has 30 heavy (non-hydrogen) atoms. The summed E-state index contributed by atoms with van der Waals surface area (Å²) in [4.78, 5) is 20.6. The molecule has 0 bridgehead atoms. The Morgan fingerprint density at radius 2 is 2.07 bits per heavy atom. The number of nitrogens with one attached hydrogen (secondary N) is 1. The van der Waals surface area contributed by atoms with Crippen LogP contribution in [0.15, 0.2) is 31.0 Å². The van der Waals surface area contributed by atoms with Crippen molar-refractivity contribution in [3.05, 3.63) is 31.0 Å². The largest absolute Gasteiger partial charge is 0.490 e. The molecular weight excluding hydrogens is 401 g/mol. The molecule has 2 N–H and O–H groups in total. The number of carboxylic acid groups (broad SMARTS) is 1. The van der Waals surface area contributed by atoms with Crippen LogP contribution in [0.5, 0.6) is 0 Å². The van der Waals surface area contributed by atoms with Crippen molar-refractivity contribution in [2.45, 2.75) is 44.3 Å². The lowest BCUT2D eigenvalue weighted by Crippen LogP contribution is -2.21. The highest BCUT2D eigenvalue weighted by molar-refractivity contribution is 5.89. The smallest absolute Gasteiger partial charge is 0.475 e. The van der Waals surface area contributed by atoms with Crippen molar-refractivity contribution >= 4 is 17.0 Å². The van der Waals surface area contributed by atoms with Crippen molar-refractivity contribution in [2.24, 2.45) is 5.92 Å². The van der Waals surface area contributed by atoms with Crippen molar-refractivity contribution in [1.82, 2.24) is 24.7 Å². The Balaban J connectivity index is 0.000000318. The molecule has 3 aromatic rings. The highest BCUT2D eigenvalue weighted by Gasteiger charge is 2.38. The number of aliphatic carboxylic acids is 1. The predicted molar refractivity (Wildman–Crippen MR) is 100 cm³/mol. The molecule has 1 fully saturated rings. The van der Waals surface area contributed by atoms with Gasteiger partial charge in [-0.3, -0.25) is 4.68 Å². The van der Waals surface area contributed by atoms with Gasteiger partial charge < -0.3 is 10.1 Å². The number of hydrogen-bond donors (Lipinski definition) is 2. The third-order valence-electron chi connectivity index (χ3n) is 5.06. The first kappa shape index (κ1) is 21.3. The molecule has 3 aromatic heterocycles. The molecule has 0 unspecified atom stereocenters. The Hall–Kier alpha value is -3.42. The van der Waals surface area contributed by atoms with Crippen molar-refractivity contribution in [2.75, 3.05) is 0 Å². The third kappa shape index (κ3) is 4.76. The zero-order valence-corrected chi connectivity index (χ0v) is 15.8. The van der Waals surface area contributed by atoms with Crippen molar-refractivity contribution in [3.8, 4) is 17.3 Å². The molecule has 4 rings (SSSR count). The van der Waals surface area contributed by atoms with E-state index in [-0.39, 0.29) is 6.04 Å². The molecule has 0 amide bonds. The number of rotatable bonds is 4. The molecule has 0 radical (unpaired) electrons. The minimum Gasteiger partial charge on any atom is -0.475 e. The quantitative estimate of drug-likeness (QED) is 0.656. The molecule has 8 nitrogen and oxygen atoms in total. The minimum atomic E-state index is -5.08. The first-order valence-corrected chi connectivity index (χ1v) is 9.31. The minimum absolute atomic E-state index is 0.166. The van der Waals surface area contributed by atoms with Crippen molar-refractivity contribution in [1.29, 1.82) is 5.26 Å². The lowest BCUT2D eigenvalue weighted by molar-refractivity contribution is -0.192. The molecule has 158 valence electrons. The molecule has 3 heterocycles. The van der Waals surface area contributed by atoms with Gasteiger partial charge in [-0.2, -0.15) is 23.5 Å². The number of alkyl halides is 3. The Bertz CT molecular complexity index is 1050. The summed E-state index contributed by atoms with van der Waals surface area (Å²) in [5.41, 5.74) is 2.68. The van der Waals surface area contributed by atoms with E-state index >= 15 is 0 Å². The van der Waals surface area contributed by atoms with Gasteiger partial charge in [-0.15, -0.1) is 0 Å². The summed E-state index contributed by atoms with van der Waals surface area (Å²) in [5.74, 6) is -2.20. The van der Waals surface area contributed by atoms with E-state index in [1.54, 1.807) is 6.33 Å². The van der Waals surface area contributed by atoms with Gasteiger partial charge in [0.25, 0.3) is 0 Å². The second-order valence-corrected chi connectivity index (χ2v) is 6.95. The molecular formula is C19H19F3N6O2. The number of carboxylic acids is 1. The first-order valence-electron chi connectivity index (χ1n) is 9.31. The van der Waals surface area contributed by atoms with E-state index in [1.807, 2.05) is 29.3 Å². The Kier molecular flexibility index (Phi) is 6.34. The fraction of sp³-hybridized carbons (Fsp3) is 0.421. The number of fused-ring (bicyclic) bond motifs is 1. The van der Waals surface area contributed by atoms with Crippen LogP contribution in [0.25, 0.3) is 22.3 Å². The molecule has 11 heteroatoms. The monoisotopic (exact) mass is 420 g/mol. The summed E-state index contributed by atoms with van der Waals surface area (Å²) < 4.78 is 33.7. The van der Waals surface area contributed by atoms with E-state index in [1.165, 1.54) is 25.7 Å². The van der Waals surface area contributed by atoms with E-state index in [0.29, 0.717) is 12.3 Å². The normalized spacial score (nSPS) is 15.4. The summed E-state index contributed by atoms with van der Waals surface area (Å²) in [6.45, 7) is 0. The third-order valence-corrected chi connectivity index (χ3v) is 5.06. The van der Waals surface area contributed by atoms with E-state index in [2.05, 4.69) is 26.1 Å². The highest BCUT2D eigenvalue weighted by Crippen LogP contribution is 2.36. The summed E-state index contributed by atoms with van der Waals surface area (Å²) in [5, 5.41) is 21.8. The molecule has 0 spiro atoms. The SMILES string of the molecule is N#CC[C@@H](C1CCCC1)n1cc(-c2ncnc3[nH]ccc23)cn1.O=C(O)C(F)(F)F. The van der Waals surface area contributed by atoms with Crippen LogP contribution in [0.3, 0.4) is 0 Å². The standard InChI is InChI=1S/C17H18N6.C2HF3O2/c18-7-5-15(12-3-1-2-4-12)23-10-13(9-22-23)16-14-6-8-19-17(14)21-11-20-16;3-2(4,5)1(6)7/h6,8-12,15H,1-5H2,(H,19,20,21);(H,6,7)/t15-;/m0./s1. The molecule has 0 saturated heterocycles. The van der Waals surface area contributed by atoms with Crippen LogP contribution in [0.1, 0.15) is 38.1 Å². The Labute approximate surface area is 169 Å². The van der Waals surface area contributed by atoms with Crippen molar-refractivity contribution < 1.29 is 23.1 Å². The zero-order chi connectivity index (χ0) is 21.7. The second-order valence-electron chi connectivity index (χ2n) is 6.95. The van der Waals surface area contributed by atoms with Crippen LogP contribution in [0.4, 0.5) is 13.2 Å². The van der Waals surface area contributed by atoms with Gasteiger partial charge in [0.15, 0.2) is 0 Å². The summed E-state index contributed by atoms with van der Waals surface area (Å²) >= 11 is 0. The predicted octanol–water partition coefficient (Wildman–Crippen LogP) is 4.10. The molecule has 1 aliphatic rings. The second kappa shape index (κ2) is 8.94. The van der Waals surface area contributed by atoms with Crippen molar-refractivity contribution in [3.63, 3.8) is 0 Å². The number of nitriles is 1. The lowest BCUT2D eigenvalue weighted by Gasteiger charge is -2.21. The van der Waals surface area contributed by atoms with Gasteiger partial charge in [-0.1, -0.05) is 12.8 Å². The Morgan fingerprint density at radius 3 is 2.70 bits per heavy atom. The number of hydrogen-bond acceptors (Lipinski definition) is 5. The molecule has 1 saturated carbocycles. The summed E-state index contributed by atoms with van der Waals surface area (Å²) in [6, 6.07) is 4.47. The maximum Gasteiger partial charge on any atom is 0.490 e. The van der Waals surface area contributed by atoms with Crippen LogP contribution in [-0.2, 0) is 4.79 Å². The fourth-order valence-electron chi connectivity index (χ4n) is 3.66. The van der Waals surface area contributed by atoms with E-state index in [4.69, 9.17) is 9.90 Å². The van der Waals surface area contributed by atoms with Crippen LogP contribution < -0.4 is 0 Å². The van der Waals surface area contributed by atoms with Gasteiger partial charge in [0, 0.05) is 23.3 Å². The number of H-pyrrole nitrogens is 1. The topological polar surface area (TPSA) is 120 Å². The lowest BCUT2D eigenvalue weighted by atomic mass is 9.96. The first-order chi connectivity index (χ1) is 14.3. The van der Waals surface area contributed by atoms with Gasteiger partial charge in [0.1, 0.15) is 12.0 Å². The van der Waals surface area contributed by atoms with Crippen LogP contribution in [0.2, 0.25) is 0 Å². The summed E-state index contributed by atoms with van der Waals surface area (Å²) in [6.07, 6.45) is 7.62. The average molecular weight is 420 g/mol. The van der Waals surface area contributed by atoms with E-state index in [9.17, 15) is 18.4 Å². The number of carbonyl (C=O) groups is 1. The van der Waals surface area contributed by atoms with Gasteiger partial charge in [-0.05, 0) is 24.8 Å². The van der Waals surface area contributed by atoms with E-state index in [0.717, 1.165) is 22.3 Å². The number of aromatic nitrogens is 5. The molecule has 0 aromatic carbocycles. The highest BCUT2D eigenvalue weighted by atomic mass is 19.4. The molecule has 1 atom stereocenters. The maximum absolute atomic E-state index is 10.6. The Morgan fingerprint density at radius 1 is 1.37 bits per heavy atom. The van der Waals surface area contributed by atoms with Gasteiger partial charge in [0.2, 0.25) is 0 Å². The van der Waals surface area contributed by atoms with Crippen LogP contribution in [-0.4, -0.2) is 42.0 Å².